The summed E-state index contributed by atoms with van der Waals surface area (Å²) in [6, 6.07) is 7.51. The van der Waals surface area contributed by atoms with E-state index in [1.54, 1.807) is 0 Å². The van der Waals surface area contributed by atoms with E-state index >= 15 is 0 Å². The third kappa shape index (κ3) is 3.76. The number of fused-ring (bicyclic) bond motifs is 1. The van der Waals surface area contributed by atoms with Gasteiger partial charge in [0, 0.05) is 16.9 Å². The van der Waals surface area contributed by atoms with E-state index < -0.39 is 5.91 Å². The molecule has 1 aliphatic carbocycles. The lowest BCUT2D eigenvalue weighted by molar-refractivity contribution is -0.127. The molecule has 2 amide bonds. The van der Waals surface area contributed by atoms with E-state index in [0.717, 1.165) is 36.6 Å². The molecule has 1 saturated carbocycles. The van der Waals surface area contributed by atoms with Crippen LogP contribution in [0.25, 0.3) is 11.0 Å². The molecule has 1 aromatic carbocycles. The fourth-order valence-electron chi connectivity index (χ4n) is 3.89. The van der Waals surface area contributed by atoms with Gasteiger partial charge >= 0.3 is 5.91 Å². The molecule has 1 aliphatic rings. The van der Waals surface area contributed by atoms with Crippen molar-refractivity contribution < 1.29 is 14.0 Å². The molecule has 140 valence electrons. The van der Waals surface area contributed by atoms with Crippen LogP contribution in [0.4, 0.5) is 0 Å². The summed E-state index contributed by atoms with van der Waals surface area (Å²) in [7, 11) is 0. The lowest BCUT2D eigenvalue weighted by Crippen LogP contribution is -2.45. The van der Waals surface area contributed by atoms with Crippen LogP contribution in [0.5, 0.6) is 0 Å². The number of aryl methyl sites for hydroxylation is 1. The second-order valence-corrected chi connectivity index (χ2v) is 8.41. The van der Waals surface area contributed by atoms with Gasteiger partial charge in [-0.3, -0.25) is 20.4 Å². The number of rotatable bonds is 2. The van der Waals surface area contributed by atoms with Crippen molar-refractivity contribution in [3.63, 3.8) is 0 Å². The molecule has 3 rings (SSSR count). The Morgan fingerprint density at radius 3 is 2.31 bits per heavy atom. The zero-order valence-corrected chi connectivity index (χ0v) is 16.0. The van der Waals surface area contributed by atoms with Crippen molar-refractivity contribution in [2.45, 2.75) is 53.4 Å². The SMILES string of the molecule is Cc1c(C(=O)NNC(=O)C2CCC(C(C)(C)C)CC2)oc2ccccc12. The van der Waals surface area contributed by atoms with Crippen molar-refractivity contribution in [3.8, 4) is 0 Å². The van der Waals surface area contributed by atoms with Crippen LogP contribution in [0.15, 0.2) is 28.7 Å². The minimum absolute atomic E-state index is 0.0364. The lowest BCUT2D eigenvalue weighted by Gasteiger charge is -2.36. The molecule has 1 heterocycles. The third-order valence-corrected chi connectivity index (χ3v) is 5.67. The van der Waals surface area contributed by atoms with Gasteiger partial charge in [-0.15, -0.1) is 0 Å². The first-order valence-electron chi connectivity index (χ1n) is 9.35. The standard InChI is InChI=1S/C21H28N2O3/c1-13-16-7-5-6-8-17(16)26-18(13)20(25)23-22-19(24)14-9-11-15(12-10-14)21(2,3)4/h5-8,14-15H,9-12H2,1-4H3,(H,22,24)(H,23,25). The van der Waals surface area contributed by atoms with Gasteiger partial charge in [0.25, 0.3) is 0 Å². The van der Waals surface area contributed by atoms with Gasteiger partial charge in [0.15, 0.2) is 5.76 Å². The number of hydrazine groups is 1. The summed E-state index contributed by atoms with van der Waals surface area (Å²) in [5.41, 5.74) is 6.81. The Morgan fingerprint density at radius 1 is 1.04 bits per heavy atom. The fraction of sp³-hybridized carbons (Fsp3) is 0.524. The van der Waals surface area contributed by atoms with Gasteiger partial charge in [-0.2, -0.15) is 0 Å². The highest BCUT2D eigenvalue weighted by Gasteiger charge is 2.32. The van der Waals surface area contributed by atoms with E-state index in [9.17, 15) is 9.59 Å². The van der Waals surface area contributed by atoms with Crippen LogP contribution in [0, 0.1) is 24.2 Å². The van der Waals surface area contributed by atoms with E-state index in [-0.39, 0.29) is 23.0 Å². The number of carbonyl (C=O) groups excluding carboxylic acids is 2. The van der Waals surface area contributed by atoms with Crippen LogP contribution in [-0.4, -0.2) is 11.8 Å². The number of furan rings is 1. The molecule has 0 atom stereocenters. The van der Waals surface area contributed by atoms with Crippen molar-refractivity contribution >= 4 is 22.8 Å². The van der Waals surface area contributed by atoms with Gasteiger partial charge in [0.2, 0.25) is 5.91 Å². The van der Waals surface area contributed by atoms with Crippen molar-refractivity contribution in [2.75, 3.05) is 0 Å². The van der Waals surface area contributed by atoms with Crippen molar-refractivity contribution in [1.29, 1.82) is 0 Å². The average molecular weight is 356 g/mol. The van der Waals surface area contributed by atoms with Crippen LogP contribution in [0.1, 0.15) is 62.6 Å². The molecule has 0 unspecified atom stereocenters. The summed E-state index contributed by atoms with van der Waals surface area (Å²) in [6.45, 7) is 8.62. The summed E-state index contributed by atoms with van der Waals surface area (Å²) in [5, 5.41) is 0.907. The molecule has 2 aromatic rings. The van der Waals surface area contributed by atoms with E-state index in [0.29, 0.717) is 11.5 Å². The predicted octanol–water partition coefficient (Wildman–Crippen LogP) is 4.35. The van der Waals surface area contributed by atoms with Crippen molar-refractivity contribution in [1.82, 2.24) is 10.9 Å². The van der Waals surface area contributed by atoms with E-state index in [1.807, 2.05) is 31.2 Å². The van der Waals surface area contributed by atoms with E-state index in [4.69, 9.17) is 4.42 Å². The molecular weight excluding hydrogens is 328 g/mol. The van der Waals surface area contributed by atoms with Crippen LogP contribution in [0.2, 0.25) is 0 Å². The predicted molar refractivity (Wildman–Crippen MR) is 101 cm³/mol. The summed E-state index contributed by atoms with van der Waals surface area (Å²) < 4.78 is 5.63. The highest BCUT2D eigenvalue weighted by atomic mass is 16.3. The number of benzene rings is 1. The van der Waals surface area contributed by atoms with Crippen LogP contribution < -0.4 is 10.9 Å². The normalized spacial score (nSPS) is 20.8. The Bertz CT molecular complexity index is 808. The van der Waals surface area contributed by atoms with Crippen LogP contribution in [-0.2, 0) is 4.79 Å². The molecule has 26 heavy (non-hydrogen) atoms. The maximum atomic E-state index is 12.4. The zero-order chi connectivity index (χ0) is 18.9. The summed E-state index contributed by atoms with van der Waals surface area (Å²) in [4.78, 5) is 24.8. The van der Waals surface area contributed by atoms with Gasteiger partial charge in [-0.05, 0) is 50.0 Å². The molecule has 1 aromatic heterocycles. The minimum Gasteiger partial charge on any atom is -0.451 e. The van der Waals surface area contributed by atoms with E-state index in [2.05, 4.69) is 31.6 Å². The molecule has 0 bridgehead atoms. The second kappa shape index (κ2) is 7.14. The van der Waals surface area contributed by atoms with Gasteiger partial charge in [0.1, 0.15) is 5.58 Å². The number of hydrogen-bond donors (Lipinski definition) is 2. The number of nitrogens with one attached hydrogen (secondary N) is 2. The first-order valence-corrected chi connectivity index (χ1v) is 9.35. The minimum atomic E-state index is -0.421. The van der Waals surface area contributed by atoms with Gasteiger partial charge < -0.3 is 4.42 Å². The highest BCUT2D eigenvalue weighted by molar-refractivity contribution is 5.99. The molecule has 0 saturated heterocycles. The summed E-state index contributed by atoms with van der Waals surface area (Å²) in [5.74, 6) is 0.322. The number of amides is 2. The zero-order valence-electron chi connectivity index (χ0n) is 16.0. The molecule has 2 N–H and O–H groups in total. The Kier molecular flexibility index (Phi) is 5.08. The van der Waals surface area contributed by atoms with Crippen molar-refractivity contribution in [3.05, 3.63) is 35.6 Å². The third-order valence-electron chi connectivity index (χ3n) is 5.67. The smallest absolute Gasteiger partial charge is 0.305 e. The Hall–Kier alpha value is -2.30. The largest absolute Gasteiger partial charge is 0.451 e. The lowest BCUT2D eigenvalue weighted by atomic mass is 9.70. The molecule has 0 aliphatic heterocycles. The second-order valence-electron chi connectivity index (χ2n) is 8.41. The first kappa shape index (κ1) is 18.5. The first-order chi connectivity index (χ1) is 12.3. The summed E-state index contributed by atoms with van der Waals surface area (Å²) in [6.07, 6.45) is 3.84. The van der Waals surface area contributed by atoms with Gasteiger partial charge in [-0.1, -0.05) is 39.0 Å². The summed E-state index contributed by atoms with van der Waals surface area (Å²) >= 11 is 0. The molecular formula is C21H28N2O3. The molecule has 1 fully saturated rings. The van der Waals surface area contributed by atoms with Gasteiger partial charge in [0.05, 0.1) is 0 Å². The Morgan fingerprint density at radius 2 is 1.69 bits per heavy atom. The topological polar surface area (TPSA) is 71.3 Å². The Balaban J connectivity index is 1.56. The fourth-order valence-corrected chi connectivity index (χ4v) is 3.89. The van der Waals surface area contributed by atoms with Gasteiger partial charge in [-0.25, -0.2) is 0 Å². The number of carbonyl (C=O) groups is 2. The monoisotopic (exact) mass is 356 g/mol. The molecule has 5 heteroatoms. The molecule has 0 spiro atoms. The van der Waals surface area contributed by atoms with Crippen molar-refractivity contribution in [2.24, 2.45) is 17.3 Å². The quantitative estimate of drug-likeness (QED) is 0.786. The molecule has 5 nitrogen and oxygen atoms in total. The van der Waals surface area contributed by atoms with Crippen LogP contribution in [0.3, 0.4) is 0 Å². The maximum Gasteiger partial charge on any atom is 0.305 e. The Labute approximate surface area is 154 Å². The maximum absolute atomic E-state index is 12.4. The number of hydrogen-bond acceptors (Lipinski definition) is 3. The highest BCUT2D eigenvalue weighted by Crippen LogP contribution is 2.39. The average Bonchev–Trinajstić information content (AvgIpc) is 2.96. The molecule has 0 radical (unpaired) electrons. The number of para-hydroxylation sites is 1. The van der Waals surface area contributed by atoms with Crippen LogP contribution >= 0.6 is 0 Å². The van der Waals surface area contributed by atoms with E-state index in [1.165, 1.54) is 0 Å².